The first-order valence-corrected chi connectivity index (χ1v) is 8.39. The Labute approximate surface area is 99.6 Å². The smallest absolute Gasteiger partial charge is 0.264 e. The van der Waals surface area contributed by atoms with E-state index in [1.54, 1.807) is 12.2 Å². The van der Waals surface area contributed by atoms with Crippen LogP contribution in [-0.2, 0) is 33.3 Å². The van der Waals surface area contributed by atoms with E-state index < -0.39 is 44.7 Å². The van der Waals surface area contributed by atoms with Crippen molar-refractivity contribution in [2.45, 2.75) is 24.4 Å². The maximum Gasteiger partial charge on any atom is 0.264 e. The van der Waals surface area contributed by atoms with Crippen LogP contribution in [0, 0.1) is 0 Å². The monoisotopic (exact) mass is 284 g/mol. The quantitative estimate of drug-likeness (QED) is 0.483. The minimum absolute atomic E-state index is 0.596. The van der Waals surface area contributed by atoms with Crippen LogP contribution in [0.3, 0.4) is 0 Å². The largest absolute Gasteiger partial charge is 0.361 e. The molecule has 4 atom stereocenters. The highest BCUT2D eigenvalue weighted by atomic mass is 32.2. The second-order valence-electron chi connectivity index (χ2n) is 3.98. The fourth-order valence-electron chi connectivity index (χ4n) is 1.86. The van der Waals surface area contributed by atoms with Gasteiger partial charge in [0.2, 0.25) is 0 Å². The van der Waals surface area contributed by atoms with E-state index in [4.69, 9.17) is 13.1 Å². The third kappa shape index (κ3) is 3.05. The highest BCUT2D eigenvalue weighted by Gasteiger charge is 2.50. The maximum atomic E-state index is 11.1. The first kappa shape index (κ1) is 13.0. The number of ether oxygens (including phenoxy) is 1. The molecule has 1 saturated heterocycles. The third-order valence-electron chi connectivity index (χ3n) is 2.35. The molecule has 7 nitrogen and oxygen atoms in total. The summed E-state index contributed by atoms with van der Waals surface area (Å²) in [5.41, 5.74) is 0. The highest BCUT2D eigenvalue weighted by molar-refractivity contribution is 7.86. The van der Waals surface area contributed by atoms with Gasteiger partial charge in [-0.2, -0.15) is 16.8 Å². The molecule has 1 fully saturated rings. The zero-order valence-corrected chi connectivity index (χ0v) is 10.8. The van der Waals surface area contributed by atoms with Gasteiger partial charge in [-0.3, -0.25) is 8.37 Å². The molecule has 0 saturated carbocycles. The predicted octanol–water partition coefficient (Wildman–Crippen LogP) is -0.987. The zero-order valence-electron chi connectivity index (χ0n) is 9.14. The van der Waals surface area contributed by atoms with Gasteiger partial charge in [0.25, 0.3) is 20.2 Å². The van der Waals surface area contributed by atoms with Crippen molar-refractivity contribution in [3.05, 3.63) is 12.2 Å². The first-order chi connectivity index (χ1) is 7.66. The van der Waals surface area contributed by atoms with Gasteiger partial charge in [0.1, 0.15) is 24.4 Å². The van der Waals surface area contributed by atoms with Gasteiger partial charge in [0.15, 0.2) is 0 Å². The van der Waals surface area contributed by atoms with E-state index in [9.17, 15) is 16.8 Å². The Morgan fingerprint density at radius 1 is 0.882 bits per heavy atom. The molecule has 9 heteroatoms. The van der Waals surface area contributed by atoms with E-state index in [0.29, 0.717) is 0 Å². The summed E-state index contributed by atoms with van der Waals surface area (Å²) in [6.45, 7) is 0. The lowest BCUT2D eigenvalue weighted by molar-refractivity contribution is 0.0799. The standard InChI is InChI=1S/C8H12O7S2/c1-16(9,10)14-7-5-3-4-6(13-5)8(7)15-17(2,11)12/h3-8H,1-2H3. The molecule has 2 aliphatic heterocycles. The van der Waals surface area contributed by atoms with Gasteiger partial charge in [-0.25, -0.2) is 0 Å². The van der Waals surface area contributed by atoms with Gasteiger partial charge >= 0.3 is 0 Å². The van der Waals surface area contributed by atoms with Gasteiger partial charge in [0.05, 0.1) is 12.5 Å². The van der Waals surface area contributed by atoms with Crippen LogP contribution in [0.5, 0.6) is 0 Å². The van der Waals surface area contributed by atoms with Gasteiger partial charge in [0, 0.05) is 0 Å². The van der Waals surface area contributed by atoms with Gasteiger partial charge in [-0.1, -0.05) is 12.2 Å². The summed E-state index contributed by atoms with van der Waals surface area (Å²) in [6.07, 6.45) is 1.92. The third-order valence-corrected chi connectivity index (χ3v) is 3.49. The lowest BCUT2D eigenvalue weighted by atomic mass is 10.0. The summed E-state index contributed by atoms with van der Waals surface area (Å²) in [7, 11) is -7.41. The van der Waals surface area contributed by atoms with Gasteiger partial charge in [-0.15, -0.1) is 0 Å². The number of hydrogen-bond donors (Lipinski definition) is 0. The minimum Gasteiger partial charge on any atom is -0.361 e. The van der Waals surface area contributed by atoms with Crippen LogP contribution in [0.15, 0.2) is 12.2 Å². The van der Waals surface area contributed by atoms with Crippen LogP contribution in [0.2, 0.25) is 0 Å². The van der Waals surface area contributed by atoms with E-state index in [0.717, 1.165) is 12.5 Å². The van der Waals surface area contributed by atoms with Crippen LogP contribution < -0.4 is 0 Å². The SMILES string of the molecule is CS(=O)(=O)OC1C2C=CC(O2)C1OS(C)(=O)=O. The minimum atomic E-state index is -3.71. The Balaban J connectivity index is 2.21. The molecular formula is C8H12O7S2. The lowest BCUT2D eigenvalue weighted by Crippen LogP contribution is -2.41. The Morgan fingerprint density at radius 3 is 1.53 bits per heavy atom. The van der Waals surface area contributed by atoms with Crippen LogP contribution in [0.25, 0.3) is 0 Å². The Kier molecular flexibility index (Phi) is 3.07. The molecule has 0 spiro atoms. The molecule has 0 radical (unpaired) electrons. The topological polar surface area (TPSA) is 96.0 Å². The summed E-state index contributed by atoms with van der Waals surface area (Å²) in [5.74, 6) is 0. The van der Waals surface area contributed by atoms with Crippen molar-refractivity contribution in [3.63, 3.8) is 0 Å². The average molecular weight is 284 g/mol. The molecular weight excluding hydrogens is 272 g/mol. The summed E-state index contributed by atoms with van der Waals surface area (Å²) in [4.78, 5) is 0. The summed E-state index contributed by atoms with van der Waals surface area (Å²) in [6, 6.07) is 0. The molecule has 0 aliphatic carbocycles. The molecule has 2 bridgehead atoms. The van der Waals surface area contributed by atoms with E-state index in [-0.39, 0.29) is 0 Å². The van der Waals surface area contributed by atoms with E-state index in [1.165, 1.54) is 0 Å². The van der Waals surface area contributed by atoms with Crippen molar-refractivity contribution in [3.8, 4) is 0 Å². The van der Waals surface area contributed by atoms with Crippen LogP contribution in [0.1, 0.15) is 0 Å². The molecule has 0 aromatic rings. The van der Waals surface area contributed by atoms with Crippen molar-refractivity contribution in [1.29, 1.82) is 0 Å². The molecule has 0 N–H and O–H groups in total. The molecule has 2 aliphatic rings. The molecule has 98 valence electrons. The van der Waals surface area contributed by atoms with Crippen LogP contribution >= 0.6 is 0 Å². The lowest BCUT2D eigenvalue weighted by Gasteiger charge is -2.22. The maximum absolute atomic E-state index is 11.1. The van der Waals surface area contributed by atoms with Crippen molar-refractivity contribution in [2.75, 3.05) is 12.5 Å². The van der Waals surface area contributed by atoms with E-state index >= 15 is 0 Å². The molecule has 17 heavy (non-hydrogen) atoms. The molecule has 2 rings (SSSR count). The average Bonchev–Trinajstić information content (AvgIpc) is 2.63. The number of hydrogen-bond acceptors (Lipinski definition) is 7. The van der Waals surface area contributed by atoms with Gasteiger partial charge in [-0.05, 0) is 0 Å². The second-order valence-corrected chi connectivity index (χ2v) is 7.18. The predicted molar refractivity (Wildman–Crippen MR) is 57.2 cm³/mol. The Morgan fingerprint density at radius 2 is 1.24 bits per heavy atom. The van der Waals surface area contributed by atoms with Crippen molar-refractivity contribution in [2.24, 2.45) is 0 Å². The van der Waals surface area contributed by atoms with Crippen molar-refractivity contribution >= 4 is 20.2 Å². The molecule has 0 aromatic carbocycles. The fraction of sp³-hybridized carbons (Fsp3) is 0.750. The van der Waals surface area contributed by atoms with Crippen molar-refractivity contribution < 1.29 is 29.9 Å². The number of fused-ring (bicyclic) bond motifs is 2. The fourth-order valence-corrected chi connectivity index (χ4v) is 3.11. The summed E-state index contributed by atoms with van der Waals surface area (Å²) >= 11 is 0. The summed E-state index contributed by atoms with van der Waals surface area (Å²) < 4.78 is 59.2. The highest BCUT2D eigenvalue weighted by Crippen LogP contribution is 2.34. The molecule has 0 aromatic heterocycles. The molecule has 4 unspecified atom stereocenters. The second kappa shape index (κ2) is 4.02. The summed E-state index contributed by atoms with van der Waals surface area (Å²) in [5, 5.41) is 0. The normalized spacial score (nSPS) is 36.6. The zero-order chi connectivity index (χ0) is 12.8. The van der Waals surface area contributed by atoms with Gasteiger partial charge < -0.3 is 4.74 Å². The van der Waals surface area contributed by atoms with Crippen LogP contribution in [-0.4, -0.2) is 53.8 Å². The first-order valence-electron chi connectivity index (χ1n) is 4.76. The van der Waals surface area contributed by atoms with Crippen molar-refractivity contribution in [1.82, 2.24) is 0 Å². The Hall–Kier alpha value is -0.480. The molecule has 0 amide bonds. The Bertz CT molecular complexity index is 484. The van der Waals surface area contributed by atoms with E-state index in [1.807, 2.05) is 0 Å². The number of rotatable bonds is 4. The van der Waals surface area contributed by atoms with Crippen LogP contribution in [0.4, 0.5) is 0 Å². The molecule has 2 heterocycles. The van der Waals surface area contributed by atoms with E-state index in [2.05, 4.69) is 0 Å².